The van der Waals surface area contributed by atoms with Crippen molar-refractivity contribution < 1.29 is 9.47 Å². The van der Waals surface area contributed by atoms with Crippen LogP contribution in [0.5, 0.6) is 0 Å². The van der Waals surface area contributed by atoms with Gasteiger partial charge in [0.25, 0.3) is 0 Å². The van der Waals surface area contributed by atoms with Gasteiger partial charge in [-0.2, -0.15) is 0 Å². The van der Waals surface area contributed by atoms with E-state index in [1.54, 1.807) is 14.2 Å². The molecular formula is C16H26O2. The van der Waals surface area contributed by atoms with Gasteiger partial charge in [-0.1, -0.05) is 44.2 Å². The zero-order chi connectivity index (χ0) is 13.4. The summed E-state index contributed by atoms with van der Waals surface area (Å²) in [6.45, 7) is 5.21. The first-order valence-electron chi connectivity index (χ1n) is 6.75. The van der Waals surface area contributed by atoms with Crippen LogP contribution in [0.2, 0.25) is 0 Å². The first kappa shape index (κ1) is 15.2. The largest absolute Gasteiger partial charge is 0.384 e. The van der Waals surface area contributed by atoms with E-state index in [2.05, 4.69) is 38.1 Å². The van der Waals surface area contributed by atoms with Gasteiger partial charge < -0.3 is 9.47 Å². The average molecular weight is 250 g/mol. The summed E-state index contributed by atoms with van der Waals surface area (Å²) < 4.78 is 11.1. The van der Waals surface area contributed by atoms with Crippen molar-refractivity contribution in [3.63, 3.8) is 0 Å². The molecule has 2 unspecified atom stereocenters. The van der Waals surface area contributed by atoms with Gasteiger partial charge >= 0.3 is 0 Å². The Kier molecular flexibility index (Phi) is 6.99. The highest BCUT2D eigenvalue weighted by atomic mass is 16.5. The van der Waals surface area contributed by atoms with E-state index in [0.717, 1.165) is 6.42 Å². The van der Waals surface area contributed by atoms with Crippen molar-refractivity contribution in [1.82, 2.24) is 0 Å². The molecule has 0 heterocycles. The van der Waals surface area contributed by atoms with Crippen LogP contribution < -0.4 is 0 Å². The number of hydrogen-bond acceptors (Lipinski definition) is 2. The molecule has 0 N–H and O–H groups in total. The molecule has 0 fully saturated rings. The van der Waals surface area contributed by atoms with Crippen LogP contribution in [-0.2, 0) is 9.47 Å². The van der Waals surface area contributed by atoms with Gasteiger partial charge in [0.05, 0.1) is 12.7 Å². The van der Waals surface area contributed by atoms with E-state index in [0.29, 0.717) is 18.4 Å². The van der Waals surface area contributed by atoms with Gasteiger partial charge in [0, 0.05) is 20.1 Å². The maximum atomic E-state index is 5.69. The lowest BCUT2D eigenvalue weighted by molar-refractivity contribution is 0.0370. The van der Waals surface area contributed by atoms with Crippen LogP contribution in [0.3, 0.4) is 0 Å². The zero-order valence-electron chi connectivity index (χ0n) is 12.1. The van der Waals surface area contributed by atoms with Crippen molar-refractivity contribution in [1.29, 1.82) is 0 Å². The molecule has 0 saturated heterocycles. The third kappa shape index (κ3) is 4.79. The van der Waals surface area contributed by atoms with Gasteiger partial charge in [-0.3, -0.25) is 0 Å². The van der Waals surface area contributed by atoms with Crippen molar-refractivity contribution in [2.45, 2.75) is 38.7 Å². The Balaban J connectivity index is 2.75. The minimum absolute atomic E-state index is 0.231. The van der Waals surface area contributed by atoms with Crippen molar-refractivity contribution in [2.24, 2.45) is 5.92 Å². The molecule has 2 nitrogen and oxygen atoms in total. The molecule has 1 rings (SSSR count). The van der Waals surface area contributed by atoms with Crippen LogP contribution in [0.1, 0.15) is 38.2 Å². The summed E-state index contributed by atoms with van der Waals surface area (Å²) in [5.41, 5.74) is 1.30. The first-order chi connectivity index (χ1) is 8.69. The number of hydrogen-bond donors (Lipinski definition) is 0. The highest BCUT2D eigenvalue weighted by Crippen LogP contribution is 2.26. The third-order valence-corrected chi connectivity index (χ3v) is 3.35. The smallest absolute Gasteiger partial charge is 0.0662 e. The Morgan fingerprint density at radius 1 is 1.00 bits per heavy atom. The van der Waals surface area contributed by atoms with E-state index in [1.807, 2.05) is 6.07 Å². The van der Waals surface area contributed by atoms with Gasteiger partial charge in [0.1, 0.15) is 0 Å². The van der Waals surface area contributed by atoms with E-state index >= 15 is 0 Å². The molecule has 0 saturated carbocycles. The summed E-state index contributed by atoms with van der Waals surface area (Å²) in [5, 5.41) is 0. The maximum Gasteiger partial charge on any atom is 0.0662 e. The number of ether oxygens (including phenoxy) is 2. The Morgan fingerprint density at radius 3 is 2.17 bits per heavy atom. The van der Waals surface area contributed by atoms with Crippen molar-refractivity contribution in [3.8, 4) is 0 Å². The topological polar surface area (TPSA) is 18.5 Å². The van der Waals surface area contributed by atoms with Crippen LogP contribution in [-0.4, -0.2) is 26.9 Å². The first-order valence-corrected chi connectivity index (χ1v) is 6.75. The third-order valence-electron chi connectivity index (χ3n) is 3.35. The van der Waals surface area contributed by atoms with E-state index in [-0.39, 0.29) is 6.10 Å². The predicted molar refractivity (Wildman–Crippen MR) is 75.9 cm³/mol. The second-order valence-electron chi connectivity index (χ2n) is 5.22. The van der Waals surface area contributed by atoms with Crippen LogP contribution in [0.15, 0.2) is 30.3 Å². The van der Waals surface area contributed by atoms with Gasteiger partial charge in [0.2, 0.25) is 0 Å². The highest BCUT2D eigenvalue weighted by Gasteiger charge is 2.23. The fraction of sp³-hybridized carbons (Fsp3) is 0.625. The minimum atomic E-state index is 0.231. The molecule has 0 bridgehead atoms. The molecule has 18 heavy (non-hydrogen) atoms. The Hall–Kier alpha value is -0.860. The second kappa shape index (κ2) is 8.28. The molecule has 0 aliphatic carbocycles. The predicted octanol–water partition coefficient (Wildman–Crippen LogP) is 3.87. The fourth-order valence-electron chi connectivity index (χ4n) is 2.28. The molecule has 0 aliphatic heterocycles. The van der Waals surface area contributed by atoms with Gasteiger partial charge in [-0.25, -0.2) is 0 Å². The Labute approximate surface area is 111 Å². The molecular weight excluding hydrogens is 224 g/mol. The summed E-state index contributed by atoms with van der Waals surface area (Å²) in [5.74, 6) is 1.03. The van der Waals surface area contributed by atoms with E-state index in [4.69, 9.17) is 9.47 Å². The lowest BCUT2D eigenvalue weighted by Crippen LogP contribution is -2.25. The van der Waals surface area contributed by atoms with Crippen molar-refractivity contribution in [3.05, 3.63) is 35.9 Å². The minimum Gasteiger partial charge on any atom is -0.384 e. The molecule has 2 atom stereocenters. The summed E-state index contributed by atoms with van der Waals surface area (Å²) in [6, 6.07) is 10.5. The van der Waals surface area contributed by atoms with E-state index in [9.17, 15) is 0 Å². The van der Waals surface area contributed by atoms with Crippen LogP contribution >= 0.6 is 0 Å². The van der Waals surface area contributed by atoms with E-state index < -0.39 is 0 Å². The molecule has 0 radical (unpaired) electrons. The van der Waals surface area contributed by atoms with Crippen LogP contribution in [0, 0.1) is 5.92 Å². The van der Waals surface area contributed by atoms with Crippen molar-refractivity contribution >= 4 is 0 Å². The molecule has 0 amide bonds. The standard InChI is InChI=1S/C16H26O2/c1-13(2)10-11-16(18-4)15(12-17-3)14-8-6-5-7-9-14/h5-9,13,15-16H,10-12H2,1-4H3. The SMILES string of the molecule is COCC(c1ccccc1)C(CCC(C)C)OC. The van der Waals surface area contributed by atoms with Crippen LogP contribution in [0.25, 0.3) is 0 Å². The van der Waals surface area contributed by atoms with Crippen LogP contribution in [0.4, 0.5) is 0 Å². The van der Waals surface area contributed by atoms with Gasteiger partial charge in [0.15, 0.2) is 0 Å². The average Bonchev–Trinajstić information content (AvgIpc) is 2.39. The monoisotopic (exact) mass is 250 g/mol. The lowest BCUT2D eigenvalue weighted by Gasteiger charge is -2.26. The molecule has 0 aliphatic rings. The maximum absolute atomic E-state index is 5.69. The quantitative estimate of drug-likeness (QED) is 0.697. The molecule has 1 aromatic carbocycles. The number of rotatable bonds is 8. The van der Waals surface area contributed by atoms with Crippen molar-refractivity contribution in [2.75, 3.05) is 20.8 Å². The number of benzene rings is 1. The second-order valence-corrected chi connectivity index (χ2v) is 5.22. The van der Waals surface area contributed by atoms with E-state index in [1.165, 1.54) is 12.0 Å². The summed E-state index contributed by atoms with van der Waals surface area (Å²) in [6.07, 6.45) is 2.50. The molecule has 0 spiro atoms. The molecule has 102 valence electrons. The molecule has 2 heteroatoms. The lowest BCUT2D eigenvalue weighted by atomic mass is 9.89. The van der Waals surface area contributed by atoms with Gasteiger partial charge in [-0.05, 0) is 24.3 Å². The van der Waals surface area contributed by atoms with Gasteiger partial charge in [-0.15, -0.1) is 0 Å². The summed E-state index contributed by atoms with van der Waals surface area (Å²) in [7, 11) is 3.56. The summed E-state index contributed by atoms with van der Waals surface area (Å²) >= 11 is 0. The Bertz CT molecular complexity index is 308. The zero-order valence-corrected chi connectivity index (χ0v) is 12.1. The molecule has 0 aromatic heterocycles. The highest BCUT2D eigenvalue weighted by molar-refractivity contribution is 5.21. The summed E-state index contributed by atoms with van der Waals surface area (Å²) in [4.78, 5) is 0. The normalized spacial score (nSPS) is 14.7. The Morgan fingerprint density at radius 2 is 1.67 bits per heavy atom. The number of methoxy groups -OCH3 is 2. The fourth-order valence-corrected chi connectivity index (χ4v) is 2.28. The molecule has 1 aromatic rings.